The first kappa shape index (κ1) is 20.2. The van der Waals surface area contributed by atoms with Crippen molar-refractivity contribution in [3.05, 3.63) is 57.8 Å². The predicted molar refractivity (Wildman–Crippen MR) is 100 cm³/mol. The molecule has 1 unspecified atom stereocenters. The molecule has 26 heavy (non-hydrogen) atoms. The lowest BCUT2D eigenvalue weighted by Crippen LogP contribution is -2.38. The van der Waals surface area contributed by atoms with E-state index in [0.717, 1.165) is 11.1 Å². The number of benzene rings is 2. The van der Waals surface area contributed by atoms with Crippen LogP contribution in [0.4, 0.5) is 4.39 Å². The average Bonchev–Trinajstić information content (AvgIpc) is 2.54. The Morgan fingerprint density at radius 2 is 1.85 bits per heavy atom. The lowest BCUT2D eigenvalue weighted by molar-refractivity contribution is -0.122. The normalized spacial score (nSPS) is 19.2. The van der Waals surface area contributed by atoms with Crippen molar-refractivity contribution >= 4 is 35.5 Å². The van der Waals surface area contributed by atoms with Gasteiger partial charge in [0, 0.05) is 15.6 Å². The van der Waals surface area contributed by atoms with E-state index in [2.05, 4.69) is 4.99 Å². The number of hydrogen-bond acceptors (Lipinski definition) is 4. The van der Waals surface area contributed by atoms with Crippen molar-refractivity contribution in [2.75, 3.05) is 13.2 Å². The first-order valence-electron chi connectivity index (χ1n) is 7.55. The first-order valence-corrected chi connectivity index (χ1v) is 8.31. The Morgan fingerprint density at radius 1 is 1.23 bits per heavy atom. The topological polar surface area (TPSA) is 84.9 Å². The highest BCUT2D eigenvalue weighted by Gasteiger charge is 2.32. The van der Waals surface area contributed by atoms with Crippen LogP contribution in [0.1, 0.15) is 12.5 Å². The van der Waals surface area contributed by atoms with Gasteiger partial charge in [-0.1, -0.05) is 29.3 Å². The number of hydrogen-bond donors (Lipinski definition) is 2. The number of nitrogens with zero attached hydrogens (tertiary/aromatic N) is 1. The highest BCUT2D eigenvalue weighted by Crippen LogP contribution is 2.34. The summed E-state index contributed by atoms with van der Waals surface area (Å²) in [5.74, 6) is 0.000720. The Kier molecular flexibility index (Phi) is 6.58. The summed E-state index contributed by atoms with van der Waals surface area (Å²) in [7, 11) is 0. The molecule has 0 aliphatic carbocycles. The lowest BCUT2D eigenvalue weighted by atomic mass is 9.89. The molecule has 0 radical (unpaired) electrons. The fourth-order valence-electron chi connectivity index (χ4n) is 2.71. The van der Waals surface area contributed by atoms with Gasteiger partial charge < -0.3 is 15.6 Å². The fraction of sp³-hybridized carbons (Fsp3) is 0.222. The van der Waals surface area contributed by atoms with Crippen molar-refractivity contribution < 1.29 is 19.0 Å². The average molecular weight is 399 g/mol. The van der Waals surface area contributed by atoms with Gasteiger partial charge in [0.2, 0.25) is 0 Å². The SMILES string of the molecule is CC1(c2cc(-c3cc(Cl)cc(Cl)c3)ccc2F)COCC(N)=N1.O=CO. The van der Waals surface area contributed by atoms with E-state index in [1.54, 1.807) is 37.3 Å². The number of rotatable bonds is 2. The van der Waals surface area contributed by atoms with Crippen molar-refractivity contribution in [2.45, 2.75) is 12.5 Å². The molecule has 2 aromatic carbocycles. The third kappa shape index (κ3) is 4.72. The quantitative estimate of drug-likeness (QED) is 0.745. The molecule has 1 aliphatic rings. The van der Waals surface area contributed by atoms with Gasteiger partial charge in [-0.2, -0.15) is 0 Å². The van der Waals surface area contributed by atoms with Gasteiger partial charge in [-0.3, -0.25) is 9.79 Å². The van der Waals surface area contributed by atoms with Gasteiger partial charge in [0.15, 0.2) is 0 Å². The Balaban J connectivity index is 0.000000758. The molecule has 1 aliphatic heterocycles. The molecule has 1 heterocycles. The summed E-state index contributed by atoms with van der Waals surface area (Å²) >= 11 is 12.1. The molecule has 0 saturated carbocycles. The Labute approximate surface area is 160 Å². The summed E-state index contributed by atoms with van der Waals surface area (Å²) in [4.78, 5) is 12.8. The molecule has 3 rings (SSSR count). The van der Waals surface area contributed by atoms with Gasteiger partial charge >= 0.3 is 0 Å². The molecule has 8 heteroatoms. The van der Waals surface area contributed by atoms with E-state index >= 15 is 0 Å². The lowest BCUT2D eigenvalue weighted by Gasteiger charge is -2.30. The smallest absolute Gasteiger partial charge is 0.290 e. The van der Waals surface area contributed by atoms with E-state index in [-0.39, 0.29) is 25.5 Å². The molecule has 0 bridgehead atoms. The minimum atomic E-state index is -0.856. The summed E-state index contributed by atoms with van der Waals surface area (Å²) in [6, 6.07) is 10.0. The standard InChI is InChI=1S/C17H15Cl2FN2O.CH2O2/c1-17(9-23-8-16(21)22-17)14-6-10(2-3-15(14)20)11-4-12(18)7-13(19)5-11;2-1-3/h2-7H,8-9H2,1H3,(H2,21,22);1H,(H,2,3). The molecule has 2 aromatic rings. The number of carbonyl (C=O) groups is 1. The Hall–Kier alpha value is -2.15. The van der Waals surface area contributed by atoms with Crippen molar-refractivity contribution in [3.63, 3.8) is 0 Å². The zero-order valence-electron chi connectivity index (χ0n) is 13.9. The Bertz CT molecular complexity index is 825. The maximum absolute atomic E-state index is 14.4. The second-order valence-electron chi connectivity index (χ2n) is 5.83. The molecular formula is C18H17Cl2FN2O3. The summed E-state index contributed by atoms with van der Waals surface area (Å²) in [6.07, 6.45) is 0. The minimum Gasteiger partial charge on any atom is -0.483 e. The van der Waals surface area contributed by atoms with Crippen LogP contribution in [-0.2, 0) is 15.1 Å². The molecule has 0 aromatic heterocycles. The number of aliphatic imine (C=N–C) groups is 1. The van der Waals surface area contributed by atoms with E-state index in [4.69, 9.17) is 43.6 Å². The third-order valence-corrected chi connectivity index (χ3v) is 4.20. The Morgan fingerprint density at radius 3 is 2.42 bits per heavy atom. The largest absolute Gasteiger partial charge is 0.483 e. The van der Waals surface area contributed by atoms with E-state index in [1.807, 2.05) is 0 Å². The number of halogens is 3. The molecule has 1 atom stereocenters. The molecule has 0 fully saturated rings. The third-order valence-electron chi connectivity index (χ3n) is 3.77. The zero-order chi connectivity index (χ0) is 19.3. The van der Waals surface area contributed by atoms with Gasteiger partial charge in [-0.15, -0.1) is 0 Å². The fourth-order valence-corrected chi connectivity index (χ4v) is 3.24. The molecule has 3 N–H and O–H groups in total. The van der Waals surface area contributed by atoms with Crippen LogP contribution >= 0.6 is 23.2 Å². The van der Waals surface area contributed by atoms with Crippen molar-refractivity contribution in [1.29, 1.82) is 0 Å². The van der Waals surface area contributed by atoms with E-state index in [9.17, 15) is 4.39 Å². The van der Waals surface area contributed by atoms with Crippen LogP contribution in [0.25, 0.3) is 11.1 Å². The number of ether oxygens (including phenoxy) is 1. The van der Waals surface area contributed by atoms with Gasteiger partial charge in [0.25, 0.3) is 6.47 Å². The summed E-state index contributed by atoms with van der Waals surface area (Å²) in [6.45, 7) is 2.08. The number of nitrogens with two attached hydrogens (primary N) is 1. The van der Waals surface area contributed by atoms with E-state index < -0.39 is 5.54 Å². The van der Waals surface area contributed by atoms with Crippen LogP contribution in [-0.4, -0.2) is 30.6 Å². The van der Waals surface area contributed by atoms with E-state index in [0.29, 0.717) is 21.4 Å². The van der Waals surface area contributed by atoms with Crippen LogP contribution in [0.3, 0.4) is 0 Å². The van der Waals surface area contributed by atoms with Gasteiger partial charge in [-0.05, 0) is 48.4 Å². The van der Waals surface area contributed by atoms with Crippen LogP contribution < -0.4 is 5.73 Å². The molecule has 5 nitrogen and oxygen atoms in total. The highest BCUT2D eigenvalue weighted by atomic mass is 35.5. The van der Waals surface area contributed by atoms with Gasteiger partial charge in [0.1, 0.15) is 23.8 Å². The molecular weight excluding hydrogens is 382 g/mol. The van der Waals surface area contributed by atoms with Gasteiger partial charge in [-0.25, -0.2) is 4.39 Å². The minimum absolute atomic E-state index is 0.250. The van der Waals surface area contributed by atoms with Crippen molar-refractivity contribution in [2.24, 2.45) is 10.7 Å². The monoisotopic (exact) mass is 398 g/mol. The first-order chi connectivity index (χ1) is 12.3. The second kappa shape index (κ2) is 8.49. The number of amidine groups is 1. The van der Waals surface area contributed by atoms with Crippen molar-refractivity contribution in [1.82, 2.24) is 0 Å². The van der Waals surface area contributed by atoms with Crippen LogP contribution in [0.2, 0.25) is 10.0 Å². The molecule has 0 spiro atoms. The van der Waals surface area contributed by atoms with Crippen LogP contribution in [0.15, 0.2) is 41.4 Å². The summed E-state index contributed by atoms with van der Waals surface area (Å²) in [5, 5.41) is 7.93. The second-order valence-corrected chi connectivity index (χ2v) is 6.70. The van der Waals surface area contributed by atoms with Crippen molar-refractivity contribution in [3.8, 4) is 11.1 Å². The highest BCUT2D eigenvalue weighted by molar-refractivity contribution is 6.35. The maximum Gasteiger partial charge on any atom is 0.290 e. The summed E-state index contributed by atoms with van der Waals surface area (Å²) in [5.41, 5.74) is 6.93. The summed E-state index contributed by atoms with van der Waals surface area (Å²) < 4.78 is 19.8. The van der Waals surface area contributed by atoms with Crippen LogP contribution in [0, 0.1) is 5.82 Å². The maximum atomic E-state index is 14.4. The van der Waals surface area contributed by atoms with Gasteiger partial charge in [0.05, 0.1) is 6.61 Å². The van der Waals surface area contributed by atoms with E-state index in [1.165, 1.54) is 6.07 Å². The molecule has 138 valence electrons. The number of carboxylic acid groups (broad SMARTS) is 1. The zero-order valence-corrected chi connectivity index (χ0v) is 15.4. The predicted octanol–water partition coefficient (Wildman–Crippen LogP) is 4.10. The van der Waals surface area contributed by atoms with Crippen LogP contribution in [0.5, 0.6) is 0 Å². The molecule has 0 saturated heterocycles. The molecule has 0 amide bonds.